The Kier molecular flexibility index (Phi) is 4.99. The van der Waals surface area contributed by atoms with Gasteiger partial charge in [-0.25, -0.2) is 13.6 Å². The molecule has 0 spiro atoms. The number of halogens is 2. The van der Waals surface area contributed by atoms with Gasteiger partial charge in [-0.2, -0.15) is 0 Å². The number of ether oxygens (including phenoxy) is 1. The summed E-state index contributed by atoms with van der Waals surface area (Å²) in [6.45, 7) is 5.12. The fourth-order valence-corrected chi connectivity index (χ4v) is 4.02. The number of pyridine rings is 1. The summed E-state index contributed by atoms with van der Waals surface area (Å²) in [5.74, 6) is -2.73. The summed E-state index contributed by atoms with van der Waals surface area (Å²) in [6, 6.07) is 0.412. The molecule has 30 heavy (non-hydrogen) atoms. The second-order valence-corrected chi connectivity index (χ2v) is 7.85. The number of anilines is 1. The van der Waals surface area contributed by atoms with Crippen LogP contribution in [0.2, 0.25) is 0 Å². The summed E-state index contributed by atoms with van der Waals surface area (Å²) in [5.41, 5.74) is -1.22. The SMILES string of the molecule is CCOC(=O)c1cn(C2CC2)c2c(F)c(N3CC(NC(C)=O)C3C)c(F)cc2c1=O. The lowest BCUT2D eigenvalue weighted by molar-refractivity contribution is -0.120. The summed E-state index contributed by atoms with van der Waals surface area (Å²) in [7, 11) is 0. The molecular formula is C21H23F2N3O4. The molecule has 2 unspecified atom stereocenters. The van der Waals surface area contributed by atoms with Gasteiger partial charge in [-0.15, -0.1) is 0 Å². The number of aromatic nitrogens is 1. The number of fused-ring (bicyclic) bond motifs is 1. The third-order valence-electron chi connectivity index (χ3n) is 5.76. The molecule has 2 atom stereocenters. The average Bonchev–Trinajstić information content (AvgIpc) is 3.52. The van der Waals surface area contributed by atoms with Crippen molar-refractivity contribution < 1.29 is 23.1 Å². The number of carbonyl (C=O) groups is 2. The van der Waals surface area contributed by atoms with Crippen LogP contribution in [0.15, 0.2) is 17.1 Å². The number of nitrogens with one attached hydrogen (secondary N) is 1. The number of hydrogen-bond donors (Lipinski definition) is 1. The van der Waals surface area contributed by atoms with Crippen molar-refractivity contribution in [1.82, 2.24) is 9.88 Å². The van der Waals surface area contributed by atoms with Crippen molar-refractivity contribution in [3.63, 3.8) is 0 Å². The minimum Gasteiger partial charge on any atom is -0.462 e. The maximum Gasteiger partial charge on any atom is 0.343 e. The molecule has 1 saturated carbocycles. The third-order valence-corrected chi connectivity index (χ3v) is 5.76. The Morgan fingerprint density at radius 2 is 2.00 bits per heavy atom. The molecule has 2 aliphatic rings. The van der Waals surface area contributed by atoms with Crippen molar-refractivity contribution in [2.24, 2.45) is 0 Å². The normalized spacial score (nSPS) is 20.8. The van der Waals surface area contributed by atoms with Crippen LogP contribution in [0.1, 0.15) is 50.0 Å². The first-order valence-corrected chi connectivity index (χ1v) is 10.0. The van der Waals surface area contributed by atoms with Crippen LogP contribution >= 0.6 is 0 Å². The highest BCUT2D eigenvalue weighted by Gasteiger charge is 2.40. The number of nitrogens with zero attached hydrogens (tertiary/aromatic N) is 2. The van der Waals surface area contributed by atoms with Crippen molar-refractivity contribution in [2.45, 2.75) is 51.7 Å². The van der Waals surface area contributed by atoms with E-state index in [1.54, 1.807) is 18.4 Å². The van der Waals surface area contributed by atoms with Crippen LogP contribution in [-0.2, 0) is 9.53 Å². The van der Waals surface area contributed by atoms with E-state index >= 15 is 4.39 Å². The second-order valence-electron chi connectivity index (χ2n) is 7.85. The van der Waals surface area contributed by atoms with E-state index in [2.05, 4.69) is 5.32 Å². The topological polar surface area (TPSA) is 80.6 Å². The Bertz CT molecular complexity index is 1110. The minimum absolute atomic E-state index is 0.0119. The molecule has 1 amide bonds. The number of amides is 1. The summed E-state index contributed by atoms with van der Waals surface area (Å²) in [6.07, 6.45) is 2.87. The molecule has 2 heterocycles. The second kappa shape index (κ2) is 7.37. The van der Waals surface area contributed by atoms with Crippen LogP contribution in [0.4, 0.5) is 14.5 Å². The van der Waals surface area contributed by atoms with E-state index in [0.29, 0.717) is 0 Å². The minimum atomic E-state index is -0.881. The third kappa shape index (κ3) is 3.22. The Balaban J connectivity index is 1.85. The standard InChI is InChI=1S/C21H23F2N3O4/c1-4-30-21(29)14-8-26(12-5-6-12)18-13(20(14)28)7-15(22)19(17(18)23)25-9-16(10(25)2)24-11(3)27/h7-8,10,12,16H,4-6,9H2,1-3H3,(H,24,27). The fourth-order valence-electron chi connectivity index (χ4n) is 4.02. The highest BCUT2D eigenvalue weighted by Crippen LogP contribution is 2.41. The van der Waals surface area contributed by atoms with E-state index in [4.69, 9.17) is 4.74 Å². The quantitative estimate of drug-likeness (QED) is 0.754. The molecule has 1 aromatic heterocycles. The lowest BCUT2D eigenvalue weighted by Gasteiger charge is -2.48. The molecule has 0 radical (unpaired) electrons. The van der Waals surface area contributed by atoms with Crippen molar-refractivity contribution in [2.75, 3.05) is 18.1 Å². The van der Waals surface area contributed by atoms with Crippen LogP contribution < -0.4 is 15.6 Å². The van der Waals surface area contributed by atoms with Gasteiger partial charge in [-0.3, -0.25) is 9.59 Å². The van der Waals surface area contributed by atoms with Crippen LogP contribution in [0, 0.1) is 11.6 Å². The average molecular weight is 419 g/mol. The van der Waals surface area contributed by atoms with Gasteiger partial charge in [0.05, 0.1) is 23.6 Å². The monoisotopic (exact) mass is 419 g/mol. The summed E-state index contributed by atoms with van der Waals surface area (Å²) >= 11 is 0. The van der Waals surface area contributed by atoms with Gasteiger partial charge in [-0.1, -0.05) is 0 Å². The van der Waals surface area contributed by atoms with Gasteiger partial charge in [0, 0.05) is 31.7 Å². The van der Waals surface area contributed by atoms with Gasteiger partial charge in [0.1, 0.15) is 17.1 Å². The summed E-state index contributed by atoms with van der Waals surface area (Å²) in [4.78, 5) is 37.9. The molecule has 7 nitrogen and oxygen atoms in total. The van der Waals surface area contributed by atoms with Gasteiger partial charge in [0.15, 0.2) is 5.82 Å². The molecule has 1 aliphatic heterocycles. The molecule has 2 fully saturated rings. The molecule has 1 aliphatic carbocycles. The number of esters is 1. The maximum atomic E-state index is 15.6. The smallest absolute Gasteiger partial charge is 0.343 e. The predicted molar refractivity (Wildman–Crippen MR) is 107 cm³/mol. The van der Waals surface area contributed by atoms with Gasteiger partial charge >= 0.3 is 5.97 Å². The fraction of sp³-hybridized carbons (Fsp3) is 0.476. The Labute approximate surface area is 171 Å². The predicted octanol–water partition coefficient (Wildman–Crippen LogP) is 2.50. The lowest BCUT2D eigenvalue weighted by atomic mass is 9.95. The van der Waals surface area contributed by atoms with E-state index in [0.717, 1.165) is 18.9 Å². The largest absolute Gasteiger partial charge is 0.462 e. The molecule has 1 saturated heterocycles. The van der Waals surface area contributed by atoms with E-state index in [-0.39, 0.29) is 59.3 Å². The molecule has 1 N–H and O–H groups in total. The first kappa shape index (κ1) is 20.3. The highest BCUT2D eigenvalue weighted by molar-refractivity contribution is 5.95. The zero-order chi connectivity index (χ0) is 21.7. The molecule has 0 bridgehead atoms. The molecular weight excluding hydrogens is 396 g/mol. The number of hydrogen-bond acceptors (Lipinski definition) is 5. The van der Waals surface area contributed by atoms with E-state index in [9.17, 15) is 18.8 Å². The lowest BCUT2D eigenvalue weighted by Crippen LogP contribution is -2.66. The van der Waals surface area contributed by atoms with Gasteiger partial charge < -0.3 is 19.5 Å². The van der Waals surface area contributed by atoms with E-state index in [1.807, 2.05) is 0 Å². The van der Waals surface area contributed by atoms with Crippen molar-refractivity contribution in [3.8, 4) is 0 Å². The maximum absolute atomic E-state index is 15.6. The van der Waals surface area contributed by atoms with Crippen molar-refractivity contribution in [1.29, 1.82) is 0 Å². The molecule has 4 rings (SSSR count). The molecule has 9 heteroatoms. The molecule has 1 aromatic carbocycles. The van der Waals surface area contributed by atoms with Crippen LogP contribution in [0.3, 0.4) is 0 Å². The first-order chi connectivity index (χ1) is 14.2. The van der Waals surface area contributed by atoms with Gasteiger partial charge in [-0.05, 0) is 32.8 Å². The van der Waals surface area contributed by atoms with Crippen LogP contribution in [0.5, 0.6) is 0 Å². The molecule has 160 valence electrons. The van der Waals surface area contributed by atoms with E-state index in [1.165, 1.54) is 18.0 Å². The Morgan fingerprint density at radius 3 is 2.57 bits per heavy atom. The summed E-state index contributed by atoms with van der Waals surface area (Å²) in [5, 5.41) is 2.57. The number of carbonyl (C=O) groups excluding carboxylic acids is 2. The highest BCUT2D eigenvalue weighted by atomic mass is 19.1. The Morgan fingerprint density at radius 1 is 1.30 bits per heavy atom. The van der Waals surface area contributed by atoms with Crippen LogP contribution in [0.25, 0.3) is 10.9 Å². The Hall–Kier alpha value is -2.97. The summed E-state index contributed by atoms with van der Waals surface area (Å²) < 4.78 is 37.1. The van der Waals surface area contributed by atoms with Crippen LogP contribution in [-0.4, -0.2) is 41.7 Å². The van der Waals surface area contributed by atoms with Gasteiger partial charge in [0.25, 0.3) is 0 Å². The van der Waals surface area contributed by atoms with Gasteiger partial charge in [0.2, 0.25) is 11.3 Å². The number of rotatable bonds is 5. The zero-order valence-electron chi connectivity index (χ0n) is 17.0. The van der Waals surface area contributed by atoms with Crippen molar-refractivity contribution in [3.05, 3.63) is 39.7 Å². The molecule has 2 aromatic rings. The van der Waals surface area contributed by atoms with E-state index < -0.39 is 23.0 Å². The first-order valence-electron chi connectivity index (χ1n) is 10.0. The number of benzene rings is 1. The zero-order valence-corrected chi connectivity index (χ0v) is 17.0. The van der Waals surface area contributed by atoms with Crippen molar-refractivity contribution >= 4 is 28.5 Å².